The summed E-state index contributed by atoms with van der Waals surface area (Å²) in [7, 11) is 0. The zero-order valence-electron chi connectivity index (χ0n) is 14.3. The van der Waals surface area contributed by atoms with Crippen molar-refractivity contribution in [2.75, 3.05) is 11.1 Å². The van der Waals surface area contributed by atoms with Gasteiger partial charge in [0.15, 0.2) is 0 Å². The van der Waals surface area contributed by atoms with E-state index in [0.717, 1.165) is 17.9 Å². The zero-order chi connectivity index (χ0) is 18.3. The summed E-state index contributed by atoms with van der Waals surface area (Å²) in [4.78, 5) is 12.6. The van der Waals surface area contributed by atoms with Crippen molar-refractivity contribution >= 4 is 22.7 Å². The maximum atomic E-state index is 13.6. The number of fused-ring (bicyclic) bond motifs is 1. The van der Waals surface area contributed by atoms with Crippen LogP contribution in [-0.4, -0.2) is 19.5 Å². The van der Waals surface area contributed by atoms with Crippen molar-refractivity contribution < 1.29 is 4.39 Å². The molecule has 0 amide bonds. The standard InChI is InChI=1S/C18H18FN7/c1-10(24-17-13(7-20)16(21)22-9-23-17)18-25-14-6-12(19)4-5-15(14)26(18)8-11-2-3-11/h4-6,9-11H,2-3,8H2,1H3,(H3,21,22,23,24)/t10-/m0/s1. The molecule has 0 spiro atoms. The fraction of sp³-hybridized carbons (Fsp3) is 0.333. The highest BCUT2D eigenvalue weighted by molar-refractivity contribution is 5.76. The van der Waals surface area contributed by atoms with Gasteiger partial charge in [0.05, 0.1) is 17.1 Å². The van der Waals surface area contributed by atoms with Crippen LogP contribution in [0.5, 0.6) is 0 Å². The molecule has 26 heavy (non-hydrogen) atoms. The molecule has 132 valence electrons. The second-order valence-electron chi connectivity index (χ2n) is 6.62. The minimum atomic E-state index is -0.309. The molecule has 4 rings (SSSR count). The molecule has 0 unspecified atom stereocenters. The number of benzene rings is 1. The highest BCUT2D eigenvalue weighted by Gasteiger charge is 2.26. The molecule has 1 atom stereocenters. The first-order chi connectivity index (χ1) is 12.6. The van der Waals surface area contributed by atoms with Crippen molar-refractivity contribution in [3.63, 3.8) is 0 Å². The largest absolute Gasteiger partial charge is 0.382 e. The maximum Gasteiger partial charge on any atom is 0.150 e. The second-order valence-corrected chi connectivity index (χ2v) is 6.62. The molecule has 3 aromatic rings. The molecule has 7 nitrogen and oxygen atoms in total. The molecule has 0 bridgehead atoms. The van der Waals surface area contributed by atoms with Gasteiger partial charge in [-0.05, 0) is 37.8 Å². The molecule has 2 aromatic heterocycles. The van der Waals surface area contributed by atoms with Gasteiger partial charge in [0, 0.05) is 12.6 Å². The van der Waals surface area contributed by atoms with Crippen LogP contribution in [0.1, 0.15) is 37.2 Å². The van der Waals surface area contributed by atoms with Crippen LogP contribution in [0.4, 0.5) is 16.0 Å². The Morgan fingerprint density at radius 2 is 2.23 bits per heavy atom. The minimum Gasteiger partial charge on any atom is -0.382 e. The predicted molar refractivity (Wildman–Crippen MR) is 95.6 cm³/mol. The van der Waals surface area contributed by atoms with Crippen LogP contribution >= 0.6 is 0 Å². The van der Waals surface area contributed by atoms with E-state index in [2.05, 4.69) is 24.8 Å². The number of rotatable bonds is 5. The van der Waals surface area contributed by atoms with E-state index >= 15 is 0 Å². The lowest BCUT2D eigenvalue weighted by Gasteiger charge is -2.17. The molecule has 8 heteroatoms. The number of hydrogen-bond donors (Lipinski definition) is 2. The number of aromatic nitrogens is 4. The molecule has 1 saturated carbocycles. The van der Waals surface area contributed by atoms with Crippen molar-refractivity contribution in [2.24, 2.45) is 5.92 Å². The topological polar surface area (TPSA) is 105 Å². The summed E-state index contributed by atoms with van der Waals surface area (Å²) in [6.45, 7) is 2.78. The molecule has 1 aliphatic rings. The van der Waals surface area contributed by atoms with Crippen molar-refractivity contribution in [1.29, 1.82) is 5.26 Å². The third kappa shape index (κ3) is 2.92. The quantitative estimate of drug-likeness (QED) is 0.732. The predicted octanol–water partition coefficient (Wildman–Crippen LogP) is 3.00. The smallest absolute Gasteiger partial charge is 0.150 e. The lowest BCUT2D eigenvalue weighted by atomic mass is 10.2. The van der Waals surface area contributed by atoms with Crippen LogP contribution in [0, 0.1) is 23.1 Å². The molecular formula is C18H18FN7. The first kappa shape index (κ1) is 16.3. The van der Waals surface area contributed by atoms with Crippen LogP contribution < -0.4 is 11.1 Å². The Morgan fingerprint density at radius 3 is 2.96 bits per heavy atom. The van der Waals surface area contributed by atoms with Crippen molar-refractivity contribution in [3.8, 4) is 6.07 Å². The molecule has 0 saturated heterocycles. The molecule has 2 heterocycles. The van der Waals surface area contributed by atoms with Crippen LogP contribution in [0.2, 0.25) is 0 Å². The third-order valence-corrected chi connectivity index (χ3v) is 4.61. The van der Waals surface area contributed by atoms with Gasteiger partial charge in [-0.25, -0.2) is 19.3 Å². The number of imidazole rings is 1. The molecule has 0 radical (unpaired) electrons. The van der Waals surface area contributed by atoms with E-state index in [1.54, 1.807) is 6.07 Å². The Labute approximate surface area is 149 Å². The summed E-state index contributed by atoms with van der Waals surface area (Å²) in [5.41, 5.74) is 7.49. The number of nitrogen functional groups attached to an aromatic ring is 1. The van der Waals surface area contributed by atoms with Gasteiger partial charge in [-0.15, -0.1) is 0 Å². The summed E-state index contributed by atoms with van der Waals surface area (Å²) >= 11 is 0. The average molecular weight is 351 g/mol. The van der Waals surface area contributed by atoms with Crippen molar-refractivity contribution in [2.45, 2.75) is 32.4 Å². The summed E-state index contributed by atoms with van der Waals surface area (Å²) < 4.78 is 15.7. The van der Waals surface area contributed by atoms with Gasteiger partial charge in [-0.1, -0.05) is 0 Å². The van der Waals surface area contributed by atoms with Crippen molar-refractivity contribution in [1.82, 2.24) is 19.5 Å². The first-order valence-electron chi connectivity index (χ1n) is 8.49. The highest BCUT2D eigenvalue weighted by atomic mass is 19.1. The Bertz CT molecular complexity index is 1020. The lowest BCUT2D eigenvalue weighted by molar-refractivity contribution is 0.592. The number of nitriles is 1. The van der Waals surface area contributed by atoms with Gasteiger partial charge in [0.25, 0.3) is 0 Å². The summed E-state index contributed by atoms with van der Waals surface area (Å²) in [6.07, 6.45) is 3.71. The van der Waals surface area contributed by atoms with Crippen LogP contribution in [0.25, 0.3) is 11.0 Å². The van der Waals surface area contributed by atoms with Gasteiger partial charge in [0.2, 0.25) is 0 Å². The Morgan fingerprint density at radius 1 is 1.42 bits per heavy atom. The number of nitrogens with two attached hydrogens (primary N) is 1. The Balaban J connectivity index is 1.73. The highest BCUT2D eigenvalue weighted by Crippen LogP contribution is 2.34. The van der Waals surface area contributed by atoms with Crippen LogP contribution in [-0.2, 0) is 6.54 Å². The lowest BCUT2D eigenvalue weighted by Crippen LogP contribution is -2.16. The first-order valence-corrected chi connectivity index (χ1v) is 8.49. The van der Waals surface area contributed by atoms with Gasteiger partial charge in [-0.2, -0.15) is 5.26 Å². The van der Waals surface area contributed by atoms with E-state index in [1.165, 1.54) is 31.3 Å². The van der Waals surface area contributed by atoms with E-state index in [1.807, 2.05) is 13.0 Å². The van der Waals surface area contributed by atoms with Crippen LogP contribution in [0.15, 0.2) is 24.5 Å². The number of nitrogens with one attached hydrogen (secondary N) is 1. The second kappa shape index (κ2) is 6.26. The summed E-state index contributed by atoms with van der Waals surface area (Å²) in [5.74, 6) is 1.59. The molecule has 0 aliphatic heterocycles. The molecule has 1 aromatic carbocycles. The SMILES string of the molecule is C[C@H](Nc1ncnc(N)c1C#N)c1nc2cc(F)ccc2n1CC1CC1. The van der Waals surface area contributed by atoms with E-state index < -0.39 is 0 Å². The Hall–Kier alpha value is -3.21. The monoisotopic (exact) mass is 351 g/mol. The third-order valence-electron chi connectivity index (χ3n) is 4.61. The molecular weight excluding hydrogens is 333 g/mol. The average Bonchev–Trinajstić information content (AvgIpc) is 3.36. The van der Waals surface area contributed by atoms with E-state index in [9.17, 15) is 9.65 Å². The number of anilines is 2. The van der Waals surface area contributed by atoms with Gasteiger partial charge >= 0.3 is 0 Å². The fourth-order valence-corrected chi connectivity index (χ4v) is 3.09. The Kier molecular flexibility index (Phi) is 3.92. The number of hydrogen-bond acceptors (Lipinski definition) is 6. The van der Waals surface area contributed by atoms with Gasteiger partial charge in [-0.3, -0.25) is 0 Å². The van der Waals surface area contributed by atoms with E-state index in [-0.39, 0.29) is 23.2 Å². The van der Waals surface area contributed by atoms with E-state index in [0.29, 0.717) is 17.3 Å². The molecule has 3 N–H and O–H groups in total. The summed E-state index contributed by atoms with van der Waals surface area (Å²) in [6, 6.07) is 6.44. The molecule has 1 fully saturated rings. The fourth-order valence-electron chi connectivity index (χ4n) is 3.09. The van der Waals surface area contributed by atoms with Crippen LogP contribution in [0.3, 0.4) is 0 Å². The van der Waals surface area contributed by atoms with Gasteiger partial charge < -0.3 is 15.6 Å². The maximum absolute atomic E-state index is 13.6. The normalized spacial score (nSPS) is 15.0. The summed E-state index contributed by atoms with van der Waals surface area (Å²) in [5, 5.41) is 12.5. The van der Waals surface area contributed by atoms with E-state index in [4.69, 9.17) is 5.73 Å². The molecule has 1 aliphatic carbocycles. The number of halogens is 1. The zero-order valence-corrected chi connectivity index (χ0v) is 14.3. The van der Waals surface area contributed by atoms with Crippen molar-refractivity contribution in [3.05, 3.63) is 41.7 Å². The minimum absolute atomic E-state index is 0.130. The number of nitrogens with zero attached hydrogens (tertiary/aromatic N) is 5. The van der Waals surface area contributed by atoms with Gasteiger partial charge in [0.1, 0.15) is 41.2 Å².